The molecule has 0 aromatic heterocycles. The van der Waals surface area contributed by atoms with E-state index in [1.165, 1.54) is 6.92 Å². The number of carbonyl (C=O) groups is 1. The van der Waals surface area contributed by atoms with E-state index in [0.717, 1.165) is 36.5 Å². The van der Waals surface area contributed by atoms with Gasteiger partial charge in [-0.3, -0.25) is 0 Å². The predicted molar refractivity (Wildman–Crippen MR) is 105 cm³/mol. The van der Waals surface area contributed by atoms with E-state index >= 15 is 0 Å². The van der Waals surface area contributed by atoms with Crippen LogP contribution in [0.25, 0.3) is 11.1 Å². The summed E-state index contributed by atoms with van der Waals surface area (Å²) >= 11 is 0. The fourth-order valence-electron chi connectivity index (χ4n) is 2.78. The van der Waals surface area contributed by atoms with Crippen molar-refractivity contribution in [2.45, 2.75) is 26.4 Å². The molecule has 1 atom stereocenters. The van der Waals surface area contributed by atoms with Crippen molar-refractivity contribution in [3.63, 3.8) is 0 Å². The summed E-state index contributed by atoms with van der Waals surface area (Å²) in [6.45, 7) is 5.75. The molecule has 2 aromatic carbocycles. The quantitative estimate of drug-likeness (QED) is 0.623. The van der Waals surface area contributed by atoms with Gasteiger partial charge in [-0.1, -0.05) is 31.2 Å². The zero-order valence-electron chi connectivity index (χ0n) is 16.2. The first-order chi connectivity index (χ1) is 13.5. The number of rotatable bonds is 10. The smallest absolute Gasteiger partial charge is 0.332 e. The zero-order chi connectivity index (χ0) is 20.0. The van der Waals surface area contributed by atoms with Gasteiger partial charge in [-0.15, -0.1) is 0 Å². The third kappa shape index (κ3) is 5.03. The lowest BCUT2D eigenvalue weighted by molar-refractivity contribution is -0.153. The van der Waals surface area contributed by atoms with Crippen molar-refractivity contribution in [2.24, 2.45) is 5.41 Å². The van der Waals surface area contributed by atoms with Gasteiger partial charge < -0.3 is 24.1 Å². The Labute approximate surface area is 165 Å². The molecule has 6 heteroatoms. The average molecular weight is 386 g/mol. The van der Waals surface area contributed by atoms with Crippen molar-refractivity contribution < 1.29 is 28.8 Å². The van der Waals surface area contributed by atoms with Gasteiger partial charge in [0, 0.05) is 0 Å². The van der Waals surface area contributed by atoms with Gasteiger partial charge >= 0.3 is 5.97 Å². The van der Waals surface area contributed by atoms with Crippen LogP contribution in [0.4, 0.5) is 0 Å². The normalized spacial score (nSPS) is 16.1. The van der Waals surface area contributed by atoms with Crippen molar-refractivity contribution in [3.8, 4) is 22.6 Å². The van der Waals surface area contributed by atoms with Crippen LogP contribution < -0.4 is 9.47 Å². The van der Waals surface area contributed by atoms with Crippen LogP contribution >= 0.6 is 0 Å². The fourth-order valence-corrected chi connectivity index (χ4v) is 2.78. The van der Waals surface area contributed by atoms with E-state index < -0.39 is 12.1 Å². The first kappa shape index (κ1) is 20.2. The molecule has 150 valence electrons. The highest BCUT2D eigenvalue weighted by Crippen LogP contribution is 2.32. The number of carboxylic acid groups (broad SMARTS) is 1. The third-order valence-electron chi connectivity index (χ3n) is 5.04. The Morgan fingerprint density at radius 3 is 2.00 bits per heavy atom. The highest BCUT2D eigenvalue weighted by atomic mass is 16.7. The van der Waals surface area contributed by atoms with E-state index in [9.17, 15) is 4.79 Å². The summed E-state index contributed by atoms with van der Waals surface area (Å²) in [5, 5.41) is 8.77. The molecule has 1 heterocycles. The molecule has 2 aromatic rings. The molecule has 1 aliphatic rings. The lowest BCUT2D eigenvalue weighted by Crippen LogP contribution is -2.46. The molecule has 0 radical (unpaired) electrons. The molecule has 3 rings (SSSR count). The molecule has 0 aliphatic carbocycles. The Morgan fingerprint density at radius 1 is 1.04 bits per heavy atom. The molecule has 1 aliphatic heterocycles. The Bertz CT molecular complexity index is 759. The van der Waals surface area contributed by atoms with Crippen LogP contribution in [0, 0.1) is 5.41 Å². The summed E-state index contributed by atoms with van der Waals surface area (Å²) in [5.74, 6) is 0.458. The van der Waals surface area contributed by atoms with Crippen molar-refractivity contribution in [2.75, 3.05) is 26.6 Å². The number of hydrogen-bond donors (Lipinski definition) is 1. The number of benzene rings is 2. The second-order valence-corrected chi connectivity index (χ2v) is 7.09. The van der Waals surface area contributed by atoms with E-state index in [1.54, 1.807) is 0 Å². The minimum Gasteiger partial charge on any atom is -0.493 e. The van der Waals surface area contributed by atoms with Gasteiger partial charge in [0.15, 0.2) is 12.9 Å². The van der Waals surface area contributed by atoms with E-state index in [1.807, 2.05) is 48.5 Å². The summed E-state index contributed by atoms with van der Waals surface area (Å²) in [5.41, 5.74) is 2.29. The number of aliphatic carboxylic acids is 1. The first-order valence-corrected chi connectivity index (χ1v) is 9.40. The number of hydrogen-bond acceptors (Lipinski definition) is 5. The monoisotopic (exact) mass is 386 g/mol. The van der Waals surface area contributed by atoms with Crippen LogP contribution in [0.15, 0.2) is 48.5 Å². The molecular formula is C22H26O6. The maximum atomic E-state index is 10.7. The minimum absolute atomic E-state index is 0.108. The molecule has 1 N–H and O–H groups in total. The maximum Gasteiger partial charge on any atom is 0.332 e. The van der Waals surface area contributed by atoms with E-state index in [0.29, 0.717) is 12.4 Å². The highest BCUT2D eigenvalue weighted by Gasteiger charge is 2.37. The second kappa shape index (κ2) is 9.08. The van der Waals surface area contributed by atoms with Gasteiger partial charge in [0.1, 0.15) is 11.5 Å². The standard InChI is InChI=1S/C22H26O6/c1-3-22(12-25-13-22)14-26-19-8-4-17(5-9-19)18-6-10-20(11-7-18)28-15-27-16(2)21(23)24/h4-11,16H,3,12-15H2,1-2H3,(H,23,24). The minimum atomic E-state index is -1.02. The third-order valence-corrected chi connectivity index (χ3v) is 5.04. The largest absolute Gasteiger partial charge is 0.493 e. The molecule has 0 spiro atoms. The molecule has 1 saturated heterocycles. The maximum absolute atomic E-state index is 10.7. The summed E-state index contributed by atoms with van der Waals surface area (Å²) in [6, 6.07) is 15.6. The topological polar surface area (TPSA) is 74.2 Å². The molecular weight excluding hydrogens is 360 g/mol. The van der Waals surface area contributed by atoms with Crippen molar-refractivity contribution in [3.05, 3.63) is 48.5 Å². The van der Waals surface area contributed by atoms with Crippen molar-refractivity contribution in [1.82, 2.24) is 0 Å². The molecule has 0 amide bonds. The van der Waals surface area contributed by atoms with Crippen LogP contribution in [0.2, 0.25) is 0 Å². The summed E-state index contributed by atoms with van der Waals surface area (Å²) in [7, 11) is 0. The second-order valence-electron chi connectivity index (χ2n) is 7.09. The number of carboxylic acids is 1. The SMILES string of the molecule is CCC1(COc2ccc(-c3ccc(OCOC(C)C(=O)O)cc3)cc2)COC1. The van der Waals surface area contributed by atoms with Crippen LogP contribution in [0.3, 0.4) is 0 Å². The van der Waals surface area contributed by atoms with Gasteiger partial charge in [0.2, 0.25) is 0 Å². The van der Waals surface area contributed by atoms with Crippen LogP contribution in [-0.4, -0.2) is 43.8 Å². The van der Waals surface area contributed by atoms with Gasteiger partial charge in [-0.2, -0.15) is 0 Å². The van der Waals surface area contributed by atoms with Gasteiger partial charge in [0.05, 0.1) is 25.2 Å². The Morgan fingerprint density at radius 2 is 1.57 bits per heavy atom. The Hall–Kier alpha value is -2.57. The lowest BCUT2D eigenvalue weighted by atomic mass is 9.84. The Kier molecular flexibility index (Phi) is 6.54. The van der Waals surface area contributed by atoms with E-state index in [4.69, 9.17) is 24.1 Å². The zero-order valence-corrected chi connectivity index (χ0v) is 16.2. The molecule has 0 saturated carbocycles. The van der Waals surface area contributed by atoms with E-state index in [2.05, 4.69) is 6.92 Å². The molecule has 1 unspecified atom stereocenters. The molecule has 28 heavy (non-hydrogen) atoms. The number of ether oxygens (including phenoxy) is 4. The van der Waals surface area contributed by atoms with E-state index in [-0.39, 0.29) is 12.2 Å². The molecule has 1 fully saturated rings. The Balaban J connectivity index is 1.51. The average Bonchev–Trinajstić information content (AvgIpc) is 2.68. The summed E-state index contributed by atoms with van der Waals surface area (Å²) in [4.78, 5) is 10.7. The predicted octanol–water partition coefficient (Wildman–Crippen LogP) is 3.99. The van der Waals surface area contributed by atoms with Crippen molar-refractivity contribution >= 4 is 5.97 Å². The van der Waals surface area contributed by atoms with Gasteiger partial charge in [-0.05, 0) is 48.7 Å². The molecule has 6 nitrogen and oxygen atoms in total. The lowest BCUT2D eigenvalue weighted by Gasteiger charge is -2.40. The summed E-state index contributed by atoms with van der Waals surface area (Å²) < 4.78 is 21.7. The van der Waals surface area contributed by atoms with Crippen LogP contribution in [0.1, 0.15) is 20.3 Å². The van der Waals surface area contributed by atoms with Gasteiger partial charge in [-0.25, -0.2) is 4.79 Å². The highest BCUT2D eigenvalue weighted by molar-refractivity contribution is 5.71. The van der Waals surface area contributed by atoms with Gasteiger partial charge in [0.25, 0.3) is 0 Å². The molecule has 0 bridgehead atoms. The fraction of sp³-hybridized carbons (Fsp3) is 0.409. The van der Waals surface area contributed by atoms with Crippen LogP contribution in [-0.2, 0) is 14.3 Å². The van der Waals surface area contributed by atoms with Crippen LogP contribution in [0.5, 0.6) is 11.5 Å². The van der Waals surface area contributed by atoms with Crippen molar-refractivity contribution in [1.29, 1.82) is 0 Å². The summed E-state index contributed by atoms with van der Waals surface area (Å²) in [6.07, 6.45) is 0.156. The first-order valence-electron chi connectivity index (χ1n) is 9.40.